The minimum Gasteiger partial charge on any atom is -0.481 e. The number of likely N-dealkylation sites (tertiary alicyclic amines) is 1. The van der Waals surface area contributed by atoms with Gasteiger partial charge in [0.25, 0.3) is 0 Å². The average molecular weight is 685 g/mol. The van der Waals surface area contributed by atoms with Crippen molar-refractivity contribution in [3.05, 3.63) is 54.1 Å². The first-order valence-electron chi connectivity index (χ1n) is 18.3. The van der Waals surface area contributed by atoms with Gasteiger partial charge < -0.3 is 19.5 Å². The molecule has 2 amide bonds. The van der Waals surface area contributed by atoms with Crippen molar-refractivity contribution in [1.29, 1.82) is 0 Å². The smallest absolute Gasteiger partial charge is 0.410 e. The number of aliphatic hydroxyl groups excluding tert-OH is 1. The first kappa shape index (κ1) is 34.5. The van der Waals surface area contributed by atoms with Crippen molar-refractivity contribution in [3.8, 4) is 17.0 Å². The van der Waals surface area contributed by atoms with E-state index >= 15 is 0 Å². The summed E-state index contributed by atoms with van der Waals surface area (Å²) in [5.74, 6) is 1.32. The number of β-amino-alcohol motifs (C(OH)–C–C–N with tert-alkyl or cyclic N) is 1. The molecule has 5 fully saturated rings. The van der Waals surface area contributed by atoms with E-state index in [1.54, 1.807) is 7.11 Å². The minimum atomic E-state index is -0.462. The number of nitrogens with zero attached hydrogens (tertiary/aromatic N) is 6. The molecule has 4 aliphatic carbocycles. The first-order chi connectivity index (χ1) is 23.9. The van der Waals surface area contributed by atoms with Crippen molar-refractivity contribution in [3.63, 3.8) is 0 Å². The minimum absolute atomic E-state index is 0.0235. The van der Waals surface area contributed by atoms with Gasteiger partial charge in [-0.1, -0.05) is 0 Å². The van der Waals surface area contributed by atoms with Gasteiger partial charge in [-0.3, -0.25) is 14.4 Å². The molecule has 1 N–H and O–H groups in total. The number of methoxy groups -OCH3 is 1. The van der Waals surface area contributed by atoms with E-state index in [9.17, 15) is 14.7 Å². The van der Waals surface area contributed by atoms with Gasteiger partial charge in [0.2, 0.25) is 11.8 Å². The molecular weight excluding hydrogens is 632 g/mol. The van der Waals surface area contributed by atoms with E-state index < -0.39 is 6.10 Å². The maximum absolute atomic E-state index is 14.6. The Hall–Kier alpha value is -3.99. The lowest BCUT2D eigenvalue weighted by Gasteiger charge is -2.55. The van der Waals surface area contributed by atoms with Gasteiger partial charge in [-0.2, -0.15) is 5.10 Å². The van der Waals surface area contributed by atoms with Gasteiger partial charge in [0.05, 0.1) is 38.0 Å². The number of carbonyl (C=O) groups is 2. The summed E-state index contributed by atoms with van der Waals surface area (Å²) in [5.41, 5.74) is 4.37. The molecule has 0 aromatic carbocycles. The third kappa shape index (κ3) is 6.73. The topological polar surface area (TPSA) is 123 Å². The molecule has 0 atom stereocenters. The van der Waals surface area contributed by atoms with Gasteiger partial charge in [0.1, 0.15) is 11.9 Å². The van der Waals surface area contributed by atoms with Crippen LogP contribution in [-0.2, 0) is 20.5 Å². The number of pyridine rings is 2. The van der Waals surface area contributed by atoms with Gasteiger partial charge >= 0.3 is 6.09 Å². The number of rotatable bonds is 8. The summed E-state index contributed by atoms with van der Waals surface area (Å²) >= 11 is 0. The molecule has 2 bridgehead atoms. The zero-order chi connectivity index (χ0) is 35.3. The van der Waals surface area contributed by atoms with E-state index in [4.69, 9.17) is 14.5 Å². The highest BCUT2D eigenvalue weighted by Gasteiger charge is 2.51. The summed E-state index contributed by atoms with van der Waals surface area (Å²) in [6.07, 6.45) is 15.7. The van der Waals surface area contributed by atoms with Crippen LogP contribution in [0.25, 0.3) is 11.1 Å². The zero-order valence-electron chi connectivity index (χ0n) is 30.2. The van der Waals surface area contributed by atoms with Crippen molar-refractivity contribution in [2.24, 2.45) is 11.3 Å². The molecule has 50 heavy (non-hydrogen) atoms. The summed E-state index contributed by atoms with van der Waals surface area (Å²) in [6, 6.07) is 6.30. The van der Waals surface area contributed by atoms with Crippen molar-refractivity contribution in [2.75, 3.05) is 31.6 Å². The Bertz CT molecular complexity index is 1690. The maximum atomic E-state index is 14.6. The van der Waals surface area contributed by atoms with Crippen LogP contribution >= 0.6 is 0 Å². The molecule has 11 nitrogen and oxygen atoms in total. The van der Waals surface area contributed by atoms with E-state index in [1.807, 2.05) is 34.2 Å². The highest BCUT2D eigenvalue weighted by molar-refractivity contribution is 5.95. The molecule has 0 spiro atoms. The summed E-state index contributed by atoms with van der Waals surface area (Å²) in [6.45, 7) is 9.74. The molecular formula is C39H52N6O5. The molecule has 4 saturated carbocycles. The fourth-order valence-electron chi connectivity index (χ4n) is 8.66. The lowest BCUT2D eigenvalue weighted by atomic mass is 9.52. The van der Waals surface area contributed by atoms with Crippen LogP contribution in [0.4, 0.5) is 10.6 Å². The van der Waals surface area contributed by atoms with Crippen molar-refractivity contribution < 1.29 is 24.2 Å². The van der Waals surface area contributed by atoms with Crippen molar-refractivity contribution >= 4 is 17.8 Å². The zero-order valence-corrected chi connectivity index (χ0v) is 30.2. The van der Waals surface area contributed by atoms with E-state index in [1.165, 1.54) is 10.5 Å². The van der Waals surface area contributed by atoms with Crippen molar-refractivity contribution in [2.45, 2.75) is 115 Å². The second-order valence-electron chi connectivity index (χ2n) is 16.4. The van der Waals surface area contributed by atoms with Crippen LogP contribution in [0.15, 0.2) is 43.0 Å². The summed E-state index contributed by atoms with van der Waals surface area (Å²) in [7, 11) is 1.67. The molecule has 268 valence electrons. The lowest BCUT2D eigenvalue weighted by molar-refractivity contribution is -0.124. The third-order valence-corrected chi connectivity index (χ3v) is 12.0. The summed E-state index contributed by atoms with van der Waals surface area (Å²) < 4.78 is 13.2. The average Bonchev–Trinajstić information content (AvgIpc) is 3.62. The molecule has 1 aliphatic heterocycles. The Balaban J connectivity index is 1.10. The van der Waals surface area contributed by atoms with Gasteiger partial charge in [0, 0.05) is 42.2 Å². The Morgan fingerprint density at radius 1 is 0.980 bits per heavy atom. The van der Waals surface area contributed by atoms with Crippen molar-refractivity contribution in [1.82, 2.24) is 24.6 Å². The van der Waals surface area contributed by atoms with Crippen LogP contribution in [0.3, 0.4) is 0 Å². The van der Waals surface area contributed by atoms with Crippen LogP contribution in [0.1, 0.15) is 96.1 Å². The molecule has 3 aromatic heterocycles. The van der Waals surface area contributed by atoms with Crippen LogP contribution in [0.2, 0.25) is 0 Å². The predicted molar refractivity (Wildman–Crippen MR) is 190 cm³/mol. The highest BCUT2D eigenvalue weighted by atomic mass is 16.6. The number of hydrogen-bond donors (Lipinski definition) is 1. The molecule has 4 heterocycles. The molecule has 11 heteroatoms. The number of aryl methyl sites for hydroxylation is 1. The van der Waals surface area contributed by atoms with Gasteiger partial charge in [-0.15, -0.1) is 0 Å². The van der Waals surface area contributed by atoms with E-state index in [2.05, 4.69) is 56.1 Å². The van der Waals surface area contributed by atoms with E-state index in [0.29, 0.717) is 57.0 Å². The quantitative estimate of drug-likeness (QED) is 0.289. The molecule has 0 unspecified atom stereocenters. The van der Waals surface area contributed by atoms with Crippen LogP contribution in [0, 0.1) is 18.3 Å². The number of carbonyl (C=O) groups excluding carboxylic acids is 2. The number of fused-ring (bicyclic) bond motifs is 3. The first-order valence-corrected chi connectivity index (χ1v) is 18.3. The lowest BCUT2D eigenvalue weighted by Crippen LogP contribution is -2.54. The van der Waals surface area contributed by atoms with Gasteiger partial charge in [-0.05, 0) is 132 Å². The molecule has 8 rings (SSSR count). The van der Waals surface area contributed by atoms with Gasteiger partial charge in [-0.25, -0.2) is 14.8 Å². The number of aromatic nitrogens is 4. The van der Waals surface area contributed by atoms with Gasteiger partial charge in [0.15, 0.2) is 0 Å². The largest absolute Gasteiger partial charge is 0.481 e. The molecule has 5 aliphatic rings. The highest BCUT2D eigenvalue weighted by Crippen LogP contribution is 2.58. The van der Waals surface area contributed by atoms with Crippen LogP contribution in [0.5, 0.6) is 5.88 Å². The van der Waals surface area contributed by atoms with E-state index in [-0.39, 0.29) is 40.4 Å². The maximum Gasteiger partial charge on any atom is 0.410 e. The number of aliphatic hydroxyl groups is 1. The second-order valence-corrected chi connectivity index (χ2v) is 16.4. The number of hydrogen-bond acceptors (Lipinski definition) is 8. The number of ether oxygens (including phenoxy) is 2. The summed E-state index contributed by atoms with van der Waals surface area (Å²) in [5, 5.41) is 14.2. The molecule has 1 saturated heterocycles. The normalized spacial score (nSPS) is 26.7. The van der Waals surface area contributed by atoms with Crippen LogP contribution < -0.4 is 9.64 Å². The number of amides is 2. The monoisotopic (exact) mass is 684 g/mol. The third-order valence-electron chi connectivity index (χ3n) is 12.0. The second kappa shape index (κ2) is 13.3. The fourth-order valence-corrected chi connectivity index (χ4v) is 8.66. The Morgan fingerprint density at radius 3 is 2.28 bits per heavy atom. The van der Waals surface area contributed by atoms with Crippen LogP contribution in [-0.4, -0.2) is 80.7 Å². The standard InChI is InChI=1S/C39H52N6O5/c1-26-18-30(21-41-34(26)49-5)39-14-11-38(12-15-39,13-16-39)25-44(33-19-28(10-17-40-33)29-20-42-45(22-29)37(2,3)4)35(47)27-6-8-32(9-7-27)50-36(48)43-23-31(46)24-43/h10,17-22,27,31-32,46H,6-9,11-16,23-25H2,1-5H3/t27-,32-,38?,39?. The predicted octanol–water partition coefficient (Wildman–Crippen LogP) is 6.41. The Labute approximate surface area is 295 Å². The number of anilines is 1. The fraction of sp³-hybridized carbons (Fsp3) is 0.615. The van der Waals surface area contributed by atoms with E-state index in [0.717, 1.165) is 55.2 Å². The molecule has 3 aromatic rings. The molecule has 0 radical (unpaired) electrons. The SMILES string of the molecule is COc1ncc(C23CCC(CN(c4cc(-c5cnn(C(C)(C)C)c5)ccn4)C(=O)[C@H]4CC[C@H](OC(=O)N5CC(O)C5)CC4)(CC2)CC3)cc1C. The Morgan fingerprint density at radius 2 is 1.68 bits per heavy atom. The summed E-state index contributed by atoms with van der Waals surface area (Å²) in [4.78, 5) is 40.1. The Kier molecular flexibility index (Phi) is 9.16.